The number of likely N-dealkylation sites (N-methyl/N-ethyl adjacent to an activating group) is 1. The number of hydrogen-bond donors (Lipinski definition) is 3. The van der Waals surface area contributed by atoms with Gasteiger partial charge in [0.1, 0.15) is 0 Å². The molecule has 146 valence electrons. The highest BCUT2D eigenvalue weighted by Crippen LogP contribution is 2.26. The normalized spacial score (nSPS) is 18.3. The summed E-state index contributed by atoms with van der Waals surface area (Å²) < 4.78 is 22.9. The van der Waals surface area contributed by atoms with Gasteiger partial charge in [0.2, 0.25) is 21.8 Å². The summed E-state index contributed by atoms with van der Waals surface area (Å²) in [6.07, 6.45) is 0.0982. The molecule has 2 amide bonds. The molecule has 1 unspecified atom stereocenters. The summed E-state index contributed by atoms with van der Waals surface area (Å²) in [5.41, 5.74) is 0.424. The van der Waals surface area contributed by atoms with Crippen molar-refractivity contribution in [3.05, 3.63) is 24.3 Å². The second-order valence-corrected chi connectivity index (χ2v) is 7.71. The number of nitrogens with zero attached hydrogens (tertiary/aromatic N) is 1. The Morgan fingerprint density at radius 3 is 2.73 bits per heavy atom. The Morgan fingerprint density at radius 2 is 2.12 bits per heavy atom. The summed E-state index contributed by atoms with van der Waals surface area (Å²) in [6.45, 7) is 5.47. The number of hydrogen-bond acceptors (Lipinski definition) is 5. The fraction of sp³-hybridized carbons (Fsp3) is 0.500. The van der Waals surface area contributed by atoms with Crippen LogP contribution in [0.2, 0.25) is 0 Å². The molecule has 0 radical (unpaired) electrons. The highest BCUT2D eigenvalue weighted by atomic mass is 35.5. The molecule has 0 aliphatic carbocycles. The monoisotopic (exact) mass is 404 g/mol. The van der Waals surface area contributed by atoms with Gasteiger partial charge in [0.05, 0.1) is 10.8 Å². The molecule has 0 saturated carbocycles. The van der Waals surface area contributed by atoms with Crippen LogP contribution in [-0.2, 0) is 19.6 Å². The van der Waals surface area contributed by atoms with Gasteiger partial charge in [-0.05, 0) is 31.7 Å². The SMILES string of the molecule is CCN[C@H](C)CNC(=O)C1CC(=O)N(c2cccc(S(N)(=O)=O)c2)C1.Cl. The van der Waals surface area contributed by atoms with Crippen molar-refractivity contribution < 1.29 is 18.0 Å². The lowest BCUT2D eigenvalue weighted by Crippen LogP contribution is -2.41. The molecule has 0 aromatic heterocycles. The third-order valence-electron chi connectivity index (χ3n) is 4.09. The van der Waals surface area contributed by atoms with Crippen LogP contribution in [-0.4, -0.2) is 45.9 Å². The number of carbonyl (C=O) groups is 2. The van der Waals surface area contributed by atoms with Crippen LogP contribution in [0.4, 0.5) is 5.69 Å². The van der Waals surface area contributed by atoms with Gasteiger partial charge >= 0.3 is 0 Å². The van der Waals surface area contributed by atoms with Crippen LogP contribution < -0.4 is 20.7 Å². The first-order valence-electron chi connectivity index (χ1n) is 8.16. The first-order chi connectivity index (χ1) is 11.7. The molecule has 0 spiro atoms. The van der Waals surface area contributed by atoms with E-state index in [0.717, 1.165) is 6.54 Å². The van der Waals surface area contributed by atoms with Gasteiger partial charge in [-0.2, -0.15) is 0 Å². The summed E-state index contributed by atoms with van der Waals surface area (Å²) >= 11 is 0. The van der Waals surface area contributed by atoms with Gasteiger partial charge in [0.15, 0.2) is 0 Å². The molecule has 2 rings (SSSR count). The first-order valence-corrected chi connectivity index (χ1v) is 9.71. The number of anilines is 1. The van der Waals surface area contributed by atoms with E-state index in [4.69, 9.17) is 5.14 Å². The van der Waals surface area contributed by atoms with Crippen molar-refractivity contribution >= 4 is 39.9 Å². The summed E-state index contributed by atoms with van der Waals surface area (Å²) in [4.78, 5) is 25.9. The molecule has 1 aromatic carbocycles. The maximum atomic E-state index is 12.3. The van der Waals surface area contributed by atoms with Gasteiger partial charge in [0.25, 0.3) is 0 Å². The maximum Gasteiger partial charge on any atom is 0.238 e. The van der Waals surface area contributed by atoms with E-state index in [1.54, 1.807) is 6.07 Å². The molecule has 4 N–H and O–H groups in total. The van der Waals surface area contributed by atoms with Gasteiger partial charge in [-0.3, -0.25) is 9.59 Å². The lowest BCUT2D eigenvalue weighted by atomic mass is 10.1. The Kier molecular flexibility index (Phi) is 8.01. The van der Waals surface area contributed by atoms with Crippen molar-refractivity contribution in [1.82, 2.24) is 10.6 Å². The second kappa shape index (κ2) is 9.31. The average Bonchev–Trinajstić information content (AvgIpc) is 2.94. The number of carbonyl (C=O) groups excluding carboxylic acids is 2. The van der Waals surface area contributed by atoms with Gasteiger partial charge in [-0.25, -0.2) is 13.6 Å². The third kappa shape index (κ3) is 5.66. The van der Waals surface area contributed by atoms with E-state index in [1.165, 1.54) is 23.1 Å². The molecule has 0 bridgehead atoms. The van der Waals surface area contributed by atoms with E-state index in [2.05, 4.69) is 10.6 Å². The van der Waals surface area contributed by atoms with E-state index in [9.17, 15) is 18.0 Å². The Bertz CT molecular complexity index is 756. The quantitative estimate of drug-likeness (QED) is 0.600. The summed E-state index contributed by atoms with van der Waals surface area (Å²) in [5, 5.41) is 11.2. The third-order valence-corrected chi connectivity index (χ3v) is 5.00. The zero-order valence-electron chi connectivity index (χ0n) is 14.8. The fourth-order valence-electron chi connectivity index (χ4n) is 2.78. The van der Waals surface area contributed by atoms with E-state index in [-0.39, 0.29) is 48.1 Å². The molecule has 26 heavy (non-hydrogen) atoms. The molecule has 1 saturated heterocycles. The van der Waals surface area contributed by atoms with Crippen LogP contribution in [0.3, 0.4) is 0 Å². The largest absolute Gasteiger partial charge is 0.354 e. The minimum atomic E-state index is -3.85. The van der Waals surface area contributed by atoms with Crippen molar-refractivity contribution in [1.29, 1.82) is 0 Å². The summed E-state index contributed by atoms with van der Waals surface area (Å²) in [6, 6.07) is 6.01. The Hall–Kier alpha value is -1.68. The molecule has 8 nitrogen and oxygen atoms in total. The van der Waals surface area contributed by atoms with E-state index >= 15 is 0 Å². The standard InChI is InChI=1S/C16H24N4O4S.ClH/c1-3-18-11(2)9-19-16(22)12-7-15(21)20(10-12)13-5-4-6-14(8-13)25(17,23)24;/h4-6,8,11-12,18H,3,7,9-10H2,1-2H3,(H,19,22)(H2,17,23,24);1H/t11-,12?;/m1./s1. The predicted molar refractivity (Wildman–Crippen MR) is 102 cm³/mol. The predicted octanol–water partition coefficient (Wildman–Crippen LogP) is 0.223. The minimum absolute atomic E-state index is 0. The number of amides is 2. The van der Waals surface area contributed by atoms with Crippen molar-refractivity contribution in [2.75, 3.05) is 24.5 Å². The molecule has 1 aromatic rings. The number of rotatable bonds is 7. The van der Waals surface area contributed by atoms with Crippen molar-refractivity contribution in [3.8, 4) is 0 Å². The zero-order valence-corrected chi connectivity index (χ0v) is 16.4. The zero-order chi connectivity index (χ0) is 18.6. The summed E-state index contributed by atoms with van der Waals surface area (Å²) in [5.74, 6) is -0.853. The molecule has 1 aliphatic rings. The average molecular weight is 405 g/mol. The second-order valence-electron chi connectivity index (χ2n) is 6.15. The van der Waals surface area contributed by atoms with Gasteiger partial charge in [-0.15, -0.1) is 12.4 Å². The number of nitrogens with one attached hydrogen (secondary N) is 2. The van der Waals surface area contributed by atoms with Crippen LogP contribution in [0.25, 0.3) is 0 Å². The Balaban J connectivity index is 0.00000338. The molecule has 10 heteroatoms. The highest BCUT2D eigenvalue weighted by Gasteiger charge is 2.35. The Labute approximate surface area is 160 Å². The topological polar surface area (TPSA) is 122 Å². The van der Waals surface area contributed by atoms with Crippen LogP contribution in [0.1, 0.15) is 20.3 Å². The maximum absolute atomic E-state index is 12.3. The van der Waals surface area contributed by atoms with Gasteiger partial charge in [-0.1, -0.05) is 13.0 Å². The van der Waals surface area contributed by atoms with Crippen molar-refractivity contribution in [2.24, 2.45) is 11.1 Å². The van der Waals surface area contributed by atoms with E-state index in [0.29, 0.717) is 12.2 Å². The molecular weight excluding hydrogens is 380 g/mol. The first kappa shape index (κ1) is 22.4. The minimum Gasteiger partial charge on any atom is -0.354 e. The van der Waals surface area contributed by atoms with Gasteiger partial charge in [0, 0.05) is 31.2 Å². The van der Waals surface area contributed by atoms with Crippen LogP contribution >= 0.6 is 12.4 Å². The van der Waals surface area contributed by atoms with Gasteiger partial charge < -0.3 is 15.5 Å². The van der Waals surface area contributed by atoms with Crippen LogP contribution in [0.5, 0.6) is 0 Å². The number of benzene rings is 1. The Morgan fingerprint density at radius 1 is 1.42 bits per heavy atom. The fourth-order valence-corrected chi connectivity index (χ4v) is 3.33. The smallest absolute Gasteiger partial charge is 0.238 e. The van der Waals surface area contributed by atoms with Crippen molar-refractivity contribution in [3.63, 3.8) is 0 Å². The van der Waals surface area contributed by atoms with E-state index < -0.39 is 15.9 Å². The molecule has 2 atom stereocenters. The lowest BCUT2D eigenvalue weighted by molar-refractivity contribution is -0.126. The molecule has 1 aliphatic heterocycles. The molecule has 1 heterocycles. The number of sulfonamides is 1. The number of primary sulfonamides is 1. The lowest BCUT2D eigenvalue weighted by Gasteiger charge is -2.18. The summed E-state index contributed by atoms with van der Waals surface area (Å²) in [7, 11) is -3.85. The van der Waals surface area contributed by atoms with Crippen LogP contribution in [0.15, 0.2) is 29.2 Å². The number of nitrogens with two attached hydrogens (primary N) is 1. The van der Waals surface area contributed by atoms with Crippen LogP contribution in [0, 0.1) is 5.92 Å². The van der Waals surface area contributed by atoms with Crippen molar-refractivity contribution in [2.45, 2.75) is 31.2 Å². The number of halogens is 1. The molecule has 1 fully saturated rings. The highest BCUT2D eigenvalue weighted by molar-refractivity contribution is 7.89. The van der Waals surface area contributed by atoms with E-state index in [1.807, 2.05) is 13.8 Å². The molecular formula is C16H25ClN4O4S.